The number of aromatic nitrogens is 1. The molecule has 1 aliphatic rings. The second-order valence-corrected chi connectivity index (χ2v) is 8.43. The molecule has 2 aromatic carbocycles. The zero-order valence-corrected chi connectivity index (χ0v) is 19.7. The number of nitrogens with zero attached hydrogens (tertiary/aromatic N) is 1. The monoisotopic (exact) mass is 487 g/mol. The predicted molar refractivity (Wildman–Crippen MR) is 126 cm³/mol. The Morgan fingerprint density at radius 1 is 1.06 bits per heavy atom. The molecule has 1 atom stereocenters. The van der Waals surface area contributed by atoms with Gasteiger partial charge in [0.2, 0.25) is 0 Å². The molecule has 1 unspecified atom stereocenters. The lowest BCUT2D eigenvalue weighted by Crippen LogP contribution is -2.23. The third kappa shape index (κ3) is 6.30. The fraction of sp³-hybridized carbons (Fsp3) is 0.308. The van der Waals surface area contributed by atoms with Gasteiger partial charge in [0, 0.05) is 31.0 Å². The van der Waals surface area contributed by atoms with Crippen molar-refractivity contribution >= 4 is 11.9 Å². The molecule has 1 aromatic heterocycles. The summed E-state index contributed by atoms with van der Waals surface area (Å²) in [7, 11) is 0. The van der Waals surface area contributed by atoms with Gasteiger partial charge >= 0.3 is 12.1 Å². The van der Waals surface area contributed by atoms with Gasteiger partial charge < -0.3 is 20.3 Å². The van der Waals surface area contributed by atoms with E-state index in [1.54, 1.807) is 0 Å². The van der Waals surface area contributed by atoms with Gasteiger partial charge in [-0.3, -0.25) is 4.79 Å². The molecule has 186 valence electrons. The third-order valence-electron chi connectivity index (χ3n) is 6.00. The number of hydrogen-bond acceptors (Lipinski definition) is 3. The quantitative estimate of drug-likeness (QED) is 0.479. The maximum absolute atomic E-state index is 12.9. The first kappa shape index (κ1) is 26.0. The van der Waals surface area contributed by atoms with E-state index in [9.17, 15) is 18.0 Å². The van der Waals surface area contributed by atoms with Gasteiger partial charge in [0.25, 0.3) is 5.91 Å². The van der Waals surface area contributed by atoms with Crippen molar-refractivity contribution in [2.75, 3.05) is 0 Å². The van der Waals surface area contributed by atoms with E-state index in [1.807, 2.05) is 19.1 Å². The van der Waals surface area contributed by atoms with E-state index >= 15 is 0 Å². The molecule has 2 heterocycles. The number of carboxylic acids is 1. The standard InChI is InChI=1S/C24H27N3O.C2HF3O2/c1-16-11-23(18(3)27(16)17(2)20-7-5-4-6-8-20)24(28)26-13-19-9-10-21-14-25-15-22(21)12-19;3-2(4,5)1(6)7/h4-12,17,25H,13-15H2,1-3H3,(H,26,28);(H,6,7). The number of alkyl halides is 3. The summed E-state index contributed by atoms with van der Waals surface area (Å²) in [5.41, 5.74) is 7.93. The molecule has 0 fully saturated rings. The zero-order valence-electron chi connectivity index (χ0n) is 19.7. The van der Waals surface area contributed by atoms with Crippen molar-refractivity contribution < 1.29 is 27.9 Å². The van der Waals surface area contributed by atoms with Crippen LogP contribution in [0.1, 0.15) is 57.0 Å². The number of nitrogens with one attached hydrogen (secondary N) is 2. The number of aliphatic carboxylic acids is 1. The van der Waals surface area contributed by atoms with Crippen LogP contribution in [0.2, 0.25) is 0 Å². The summed E-state index contributed by atoms with van der Waals surface area (Å²) in [6.45, 7) is 8.67. The average Bonchev–Trinajstić information content (AvgIpc) is 3.40. The van der Waals surface area contributed by atoms with Crippen LogP contribution in [-0.4, -0.2) is 27.7 Å². The van der Waals surface area contributed by atoms with Crippen molar-refractivity contribution in [3.05, 3.63) is 93.8 Å². The fourth-order valence-corrected chi connectivity index (χ4v) is 4.22. The summed E-state index contributed by atoms with van der Waals surface area (Å²) in [6.07, 6.45) is -5.08. The van der Waals surface area contributed by atoms with Crippen LogP contribution in [-0.2, 0) is 24.4 Å². The van der Waals surface area contributed by atoms with Crippen LogP contribution >= 0.6 is 0 Å². The topological polar surface area (TPSA) is 83.4 Å². The number of hydrogen-bond donors (Lipinski definition) is 3. The van der Waals surface area contributed by atoms with E-state index in [0.29, 0.717) is 6.54 Å². The molecular formula is C26H28F3N3O3. The van der Waals surface area contributed by atoms with Crippen molar-refractivity contribution in [2.24, 2.45) is 0 Å². The Balaban J connectivity index is 0.000000429. The molecule has 1 aliphatic heterocycles. The van der Waals surface area contributed by atoms with Gasteiger partial charge in [0.15, 0.2) is 0 Å². The number of carbonyl (C=O) groups is 2. The minimum atomic E-state index is -5.08. The highest BCUT2D eigenvalue weighted by atomic mass is 19.4. The number of fused-ring (bicyclic) bond motifs is 1. The lowest BCUT2D eigenvalue weighted by atomic mass is 10.1. The van der Waals surface area contributed by atoms with Crippen LogP contribution in [0.5, 0.6) is 0 Å². The van der Waals surface area contributed by atoms with Crippen LogP contribution in [0.3, 0.4) is 0 Å². The molecule has 4 rings (SSSR count). The normalized spacial score (nSPS) is 13.4. The Labute approximate surface area is 201 Å². The highest BCUT2D eigenvalue weighted by molar-refractivity contribution is 5.95. The van der Waals surface area contributed by atoms with Gasteiger partial charge in [-0.1, -0.05) is 48.5 Å². The first-order chi connectivity index (χ1) is 16.5. The number of carboxylic acid groups (broad SMARTS) is 1. The molecule has 6 nitrogen and oxygen atoms in total. The van der Waals surface area contributed by atoms with E-state index in [4.69, 9.17) is 9.90 Å². The smallest absolute Gasteiger partial charge is 0.475 e. The lowest BCUT2D eigenvalue weighted by molar-refractivity contribution is -0.192. The molecule has 1 amide bonds. The van der Waals surface area contributed by atoms with Crippen LogP contribution in [0.4, 0.5) is 13.2 Å². The van der Waals surface area contributed by atoms with Crippen molar-refractivity contribution in [3.8, 4) is 0 Å². The molecule has 0 spiro atoms. The van der Waals surface area contributed by atoms with Gasteiger partial charge in [-0.05, 0) is 49.1 Å². The zero-order chi connectivity index (χ0) is 25.8. The van der Waals surface area contributed by atoms with Gasteiger partial charge in [0.05, 0.1) is 11.6 Å². The summed E-state index contributed by atoms with van der Waals surface area (Å²) in [6, 6.07) is 19.0. The van der Waals surface area contributed by atoms with Crippen LogP contribution in [0, 0.1) is 13.8 Å². The number of aryl methyl sites for hydroxylation is 1. The molecule has 35 heavy (non-hydrogen) atoms. The average molecular weight is 488 g/mol. The summed E-state index contributed by atoms with van der Waals surface area (Å²) in [5, 5.41) is 13.6. The Bertz CT molecular complexity index is 1200. The third-order valence-corrected chi connectivity index (χ3v) is 6.00. The van der Waals surface area contributed by atoms with Crippen molar-refractivity contribution in [1.29, 1.82) is 0 Å². The van der Waals surface area contributed by atoms with E-state index in [1.165, 1.54) is 16.7 Å². The maximum atomic E-state index is 12.9. The summed E-state index contributed by atoms with van der Waals surface area (Å²) in [5.74, 6) is -2.77. The number of amides is 1. The number of benzene rings is 2. The predicted octanol–water partition coefficient (Wildman–Crippen LogP) is 4.88. The SMILES string of the molecule is Cc1cc(C(=O)NCc2ccc3c(c2)CNC3)c(C)n1C(C)c1ccccc1.O=C(O)C(F)(F)F. The highest BCUT2D eigenvalue weighted by Gasteiger charge is 2.38. The molecule has 0 radical (unpaired) electrons. The second kappa shape index (κ2) is 10.8. The van der Waals surface area contributed by atoms with Gasteiger partial charge in [-0.2, -0.15) is 13.2 Å². The molecule has 0 saturated heterocycles. The van der Waals surface area contributed by atoms with E-state index in [2.05, 4.69) is 71.5 Å². The van der Waals surface area contributed by atoms with Crippen LogP contribution in [0.25, 0.3) is 0 Å². The van der Waals surface area contributed by atoms with E-state index < -0.39 is 12.1 Å². The Hall–Kier alpha value is -3.59. The second-order valence-electron chi connectivity index (χ2n) is 8.43. The minimum absolute atomic E-state index is 0.0155. The molecular weight excluding hydrogens is 459 g/mol. The molecule has 0 bridgehead atoms. The van der Waals surface area contributed by atoms with Crippen molar-refractivity contribution in [3.63, 3.8) is 0 Å². The first-order valence-electron chi connectivity index (χ1n) is 11.1. The number of halogens is 3. The molecule has 3 aromatic rings. The molecule has 0 aliphatic carbocycles. The molecule has 0 saturated carbocycles. The van der Waals surface area contributed by atoms with Gasteiger partial charge in [-0.25, -0.2) is 4.79 Å². The Morgan fingerprint density at radius 3 is 2.31 bits per heavy atom. The van der Waals surface area contributed by atoms with E-state index in [0.717, 1.165) is 35.6 Å². The highest BCUT2D eigenvalue weighted by Crippen LogP contribution is 2.25. The van der Waals surface area contributed by atoms with E-state index in [-0.39, 0.29) is 11.9 Å². The summed E-state index contributed by atoms with van der Waals surface area (Å²) < 4.78 is 34.0. The number of carbonyl (C=O) groups excluding carboxylic acids is 1. The van der Waals surface area contributed by atoms with Gasteiger partial charge in [-0.15, -0.1) is 0 Å². The molecule has 3 N–H and O–H groups in total. The van der Waals surface area contributed by atoms with Crippen LogP contribution in [0.15, 0.2) is 54.6 Å². The van der Waals surface area contributed by atoms with Crippen molar-refractivity contribution in [2.45, 2.75) is 52.6 Å². The number of rotatable bonds is 5. The molecule has 9 heteroatoms. The Kier molecular flexibility index (Phi) is 8.01. The summed E-state index contributed by atoms with van der Waals surface area (Å²) in [4.78, 5) is 21.8. The Morgan fingerprint density at radius 2 is 1.69 bits per heavy atom. The summed E-state index contributed by atoms with van der Waals surface area (Å²) >= 11 is 0. The largest absolute Gasteiger partial charge is 0.490 e. The van der Waals surface area contributed by atoms with Gasteiger partial charge in [0.1, 0.15) is 0 Å². The fourth-order valence-electron chi connectivity index (χ4n) is 4.22. The van der Waals surface area contributed by atoms with Crippen molar-refractivity contribution in [1.82, 2.24) is 15.2 Å². The minimum Gasteiger partial charge on any atom is -0.475 e. The maximum Gasteiger partial charge on any atom is 0.490 e. The van der Waals surface area contributed by atoms with Crippen LogP contribution < -0.4 is 10.6 Å². The lowest BCUT2D eigenvalue weighted by Gasteiger charge is -2.19. The first-order valence-corrected chi connectivity index (χ1v) is 11.1.